The maximum atomic E-state index is 10.2. The Kier molecular flexibility index (Phi) is 4.05. The minimum atomic E-state index is -0.212. The van der Waals surface area contributed by atoms with Crippen molar-refractivity contribution < 1.29 is 5.11 Å². The highest BCUT2D eigenvalue weighted by Gasteiger charge is 2.45. The van der Waals surface area contributed by atoms with E-state index in [2.05, 4.69) is 18.5 Å². The van der Waals surface area contributed by atoms with Crippen LogP contribution in [0, 0.1) is 5.92 Å². The molecule has 0 radical (unpaired) electrons. The van der Waals surface area contributed by atoms with Gasteiger partial charge in [-0.15, -0.1) is 13.2 Å². The highest BCUT2D eigenvalue weighted by Crippen LogP contribution is 2.41. The Morgan fingerprint density at radius 2 is 1.94 bits per heavy atom. The Hall–Kier alpha value is -0.600. The number of piperidine rings is 1. The van der Waals surface area contributed by atoms with Gasteiger partial charge in [0.1, 0.15) is 0 Å². The zero-order chi connectivity index (χ0) is 12.3. The summed E-state index contributed by atoms with van der Waals surface area (Å²) in [5.41, 5.74) is 0.103. The van der Waals surface area contributed by atoms with Gasteiger partial charge in [-0.1, -0.05) is 18.6 Å². The molecule has 2 aliphatic rings. The fourth-order valence-corrected chi connectivity index (χ4v) is 3.78. The fourth-order valence-electron chi connectivity index (χ4n) is 3.78. The average Bonchev–Trinajstić information content (AvgIpc) is 2.30. The molecule has 0 aromatic rings. The van der Waals surface area contributed by atoms with E-state index in [4.69, 9.17) is 0 Å². The molecule has 1 spiro atoms. The van der Waals surface area contributed by atoms with Crippen LogP contribution < -0.4 is 5.32 Å². The van der Waals surface area contributed by atoms with Crippen molar-refractivity contribution in [3.8, 4) is 0 Å². The lowest BCUT2D eigenvalue weighted by atomic mass is 9.66. The Balaban J connectivity index is 2.14. The van der Waals surface area contributed by atoms with Crippen LogP contribution in [-0.2, 0) is 0 Å². The minimum Gasteiger partial charge on any atom is -0.392 e. The summed E-state index contributed by atoms with van der Waals surface area (Å²) in [6, 6.07) is 0.536. The quantitative estimate of drug-likeness (QED) is 0.737. The Bertz CT molecular complexity index is 285. The number of aliphatic hydroxyl groups is 1. The third kappa shape index (κ3) is 2.48. The zero-order valence-electron chi connectivity index (χ0n) is 10.7. The zero-order valence-corrected chi connectivity index (χ0v) is 10.7. The number of nitrogens with one attached hydrogen (secondary N) is 1. The van der Waals surface area contributed by atoms with Gasteiger partial charge in [0, 0.05) is 17.5 Å². The van der Waals surface area contributed by atoms with Crippen LogP contribution in [0.1, 0.15) is 44.9 Å². The van der Waals surface area contributed by atoms with Crippen LogP contribution in [0.3, 0.4) is 0 Å². The Morgan fingerprint density at radius 3 is 2.59 bits per heavy atom. The third-order valence-electron chi connectivity index (χ3n) is 4.55. The molecule has 4 atom stereocenters. The van der Waals surface area contributed by atoms with Gasteiger partial charge in [0.15, 0.2) is 0 Å². The summed E-state index contributed by atoms with van der Waals surface area (Å²) < 4.78 is 0. The fraction of sp³-hybridized carbons (Fsp3) is 0.733. The third-order valence-corrected chi connectivity index (χ3v) is 4.55. The summed E-state index contributed by atoms with van der Waals surface area (Å²) >= 11 is 0. The molecule has 2 N–H and O–H groups in total. The van der Waals surface area contributed by atoms with Crippen LogP contribution in [-0.4, -0.2) is 22.8 Å². The van der Waals surface area contributed by atoms with Crippen LogP contribution in [0.4, 0.5) is 0 Å². The maximum absolute atomic E-state index is 10.2. The number of rotatable bonds is 3. The van der Waals surface area contributed by atoms with Gasteiger partial charge in [-0.3, -0.25) is 0 Å². The van der Waals surface area contributed by atoms with Crippen LogP contribution in [0.5, 0.6) is 0 Å². The minimum absolute atomic E-state index is 0.103. The molecule has 0 amide bonds. The molecule has 96 valence electrons. The first kappa shape index (κ1) is 12.8. The second kappa shape index (κ2) is 5.36. The van der Waals surface area contributed by atoms with Gasteiger partial charge < -0.3 is 10.4 Å². The summed E-state index contributed by atoms with van der Waals surface area (Å²) in [4.78, 5) is 0. The Morgan fingerprint density at radius 1 is 1.24 bits per heavy atom. The number of hydrogen-bond donors (Lipinski definition) is 2. The lowest BCUT2D eigenvalue weighted by Crippen LogP contribution is -2.61. The molecule has 1 saturated heterocycles. The first-order valence-corrected chi connectivity index (χ1v) is 6.91. The first-order chi connectivity index (χ1) is 8.22. The van der Waals surface area contributed by atoms with Crippen LogP contribution >= 0.6 is 0 Å². The van der Waals surface area contributed by atoms with Crippen molar-refractivity contribution in [1.29, 1.82) is 0 Å². The molecule has 1 aliphatic carbocycles. The van der Waals surface area contributed by atoms with Gasteiger partial charge in [-0.2, -0.15) is 0 Å². The average molecular weight is 235 g/mol. The molecule has 2 nitrogen and oxygen atoms in total. The molecular formula is C15H25NO. The number of hydrogen-bond acceptors (Lipinski definition) is 2. The van der Waals surface area contributed by atoms with E-state index in [1.54, 1.807) is 0 Å². The second-order valence-electron chi connectivity index (χ2n) is 5.64. The topological polar surface area (TPSA) is 32.3 Å². The first-order valence-electron chi connectivity index (χ1n) is 6.91. The van der Waals surface area contributed by atoms with Crippen molar-refractivity contribution in [1.82, 2.24) is 5.32 Å². The van der Waals surface area contributed by atoms with Crippen LogP contribution in [0.25, 0.3) is 0 Å². The lowest BCUT2D eigenvalue weighted by molar-refractivity contribution is 0.00408. The van der Waals surface area contributed by atoms with Crippen LogP contribution in [0.2, 0.25) is 0 Å². The molecule has 1 saturated carbocycles. The van der Waals surface area contributed by atoms with Gasteiger partial charge in [0.2, 0.25) is 0 Å². The number of aliphatic hydroxyl groups excluding tert-OH is 1. The monoisotopic (exact) mass is 235 g/mol. The van der Waals surface area contributed by atoms with Crippen molar-refractivity contribution in [3.05, 3.63) is 25.3 Å². The van der Waals surface area contributed by atoms with E-state index >= 15 is 0 Å². The molecule has 0 bridgehead atoms. The summed E-state index contributed by atoms with van der Waals surface area (Å²) in [7, 11) is 0. The van der Waals surface area contributed by atoms with Crippen molar-refractivity contribution in [2.24, 2.45) is 5.92 Å². The molecule has 2 rings (SSSR count). The van der Waals surface area contributed by atoms with Crippen molar-refractivity contribution in [3.63, 3.8) is 0 Å². The second-order valence-corrected chi connectivity index (χ2v) is 5.64. The summed E-state index contributed by atoms with van der Waals surface area (Å²) in [5, 5.41) is 14.0. The van der Waals surface area contributed by atoms with Crippen molar-refractivity contribution >= 4 is 0 Å². The largest absolute Gasteiger partial charge is 0.392 e. The highest BCUT2D eigenvalue weighted by atomic mass is 16.3. The highest BCUT2D eigenvalue weighted by molar-refractivity contribution is 5.10. The molecule has 17 heavy (non-hydrogen) atoms. The van der Waals surface area contributed by atoms with Crippen molar-refractivity contribution in [2.75, 3.05) is 0 Å². The standard InChI is InChI=1S/C15H25NO/c1-3-7-12-8-5-10-15(16-12)11-6-9-14(17)13(15)4-2/h3-4,12-14,16-17H,1-2,5-11H2/t12-,13-,14+,15-/m1/s1. The summed E-state index contributed by atoms with van der Waals surface area (Å²) in [6.45, 7) is 7.77. The van der Waals surface area contributed by atoms with Gasteiger partial charge in [0.05, 0.1) is 6.10 Å². The molecule has 1 aliphatic heterocycles. The van der Waals surface area contributed by atoms with E-state index in [-0.39, 0.29) is 17.6 Å². The summed E-state index contributed by atoms with van der Waals surface area (Å²) in [6.07, 6.45) is 11.7. The molecule has 2 heteroatoms. The lowest BCUT2D eigenvalue weighted by Gasteiger charge is -2.51. The molecule has 0 aromatic carbocycles. The maximum Gasteiger partial charge on any atom is 0.0620 e. The predicted molar refractivity (Wildman–Crippen MR) is 71.9 cm³/mol. The SMILES string of the molecule is C=CC[C@@H]1CCC[C@]2(CCC[C@H](O)[C@H]2C=C)N1. The normalized spacial score (nSPS) is 42.3. The van der Waals surface area contributed by atoms with E-state index < -0.39 is 0 Å². The van der Waals surface area contributed by atoms with E-state index in [0.717, 1.165) is 19.3 Å². The predicted octanol–water partition coefficient (Wildman–Crippen LogP) is 2.79. The molecule has 2 fully saturated rings. The Labute approximate surface area is 105 Å². The smallest absolute Gasteiger partial charge is 0.0620 e. The molecule has 0 unspecified atom stereocenters. The molecular weight excluding hydrogens is 210 g/mol. The van der Waals surface area contributed by atoms with E-state index in [1.165, 1.54) is 25.7 Å². The van der Waals surface area contributed by atoms with Gasteiger partial charge in [-0.05, 0) is 38.5 Å². The van der Waals surface area contributed by atoms with E-state index in [9.17, 15) is 5.11 Å². The van der Waals surface area contributed by atoms with Crippen molar-refractivity contribution in [2.45, 2.75) is 62.6 Å². The van der Waals surface area contributed by atoms with Gasteiger partial charge in [-0.25, -0.2) is 0 Å². The van der Waals surface area contributed by atoms with Crippen LogP contribution in [0.15, 0.2) is 25.3 Å². The molecule has 0 aromatic heterocycles. The van der Waals surface area contributed by atoms with Gasteiger partial charge in [0.25, 0.3) is 0 Å². The summed E-state index contributed by atoms with van der Waals surface area (Å²) in [5.74, 6) is 0.212. The van der Waals surface area contributed by atoms with E-state index in [1.807, 2.05) is 12.2 Å². The van der Waals surface area contributed by atoms with E-state index in [0.29, 0.717) is 6.04 Å². The molecule has 1 heterocycles. The van der Waals surface area contributed by atoms with Gasteiger partial charge >= 0.3 is 0 Å².